The van der Waals surface area contributed by atoms with Gasteiger partial charge in [0.25, 0.3) is 0 Å². The summed E-state index contributed by atoms with van der Waals surface area (Å²) >= 11 is 0. The van der Waals surface area contributed by atoms with Gasteiger partial charge in [0.2, 0.25) is 0 Å². The average molecular weight is 248 g/mol. The summed E-state index contributed by atoms with van der Waals surface area (Å²) in [5.74, 6) is 1.55. The van der Waals surface area contributed by atoms with E-state index in [0.717, 1.165) is 18.3 Å². The zero-order chi connectivity index (χ0) is 12.5. The van der Waals surface area contributed by atoms with Crippen LogP contribution in [-0.4, -0.2) is 37.1 Å². The smallest absolute Gasteiger partial charge is 0.123 e. The molecule has 3 rings (SSSR count). The van der Waals surface area contributed by atoms with E-state index in [4.69, 9.17) is 0 Å². The maximum absolute atomic E-state index is 12.9. The van der Waals surface area contributed by atoms with E-state index in [1.807, 2.05) is 12.1 Å². The number of rotatable bonds is 3. The Morgan fingerprint density at radius 2 is 1.83 bits per heavy atom. The van der Waals surface area contributed by atoms with E-state index in [0.29, 0.717) is 6.04 Å². The molecule has 0 radical (unpaired) electrons. The molecule has 0 bridgehead atoms. The molecule has 1 aromatic rings. The molecule has 1 N–H and O–H groups in total. The van der Waals surface area contributed by atoms with E-state index in [2.05, 4.69) is 17.1 Å². The number of hydrogen-bond donors (Lipinski definition) is 1. The van der Waals surface area contributed by atoms with Crippen molar-refractivity contribution in [1.29, 1.82) is 0 Å². The Labute approximate surface area is 108 Å². The number of benzene rings is 1. The molecule has 98 valence electrons. The Balaban J connectivity index is 1.58. The van der Waals surface area contributed by atoms with Gasteiger partial charge in [-0.05, 0) is 56.0 Å². The van der Waals surface area contributed by atoms with Crippen molar-refractivity contribution >= 4 is 0 Å². The van der Waals surface area contributed by atoms with Crippen LogP contribution in [0.4, 0.5) is 4.39 Å². The largest absolute Gasteiger partial charge is 0.316 e. The van der Waals surface area contributed by atoms with Crippen LogP contribution < -0.4 is 5.32 Å². The second-order valence-corrected chi connectivity index (χ2v) is 5.81. The lowest BCUT2D eigenvalue weighted by Gasteiger charge is -2.25. The summed E-state index contributed by atoms with van der Waals surface area (Å²) in [6.07, 6.45) is 1.02. The molecule has 0 amide bonds. The highest BCUT2D eigenvalue weighted by Crippen LogP contribution is 2.28. The number of fused-ring (bicyclic) bond motifs is 1. The molecule has 0 aromatic heterocycles. The SMILES string of the molecule is CC(Cc1ccc(F)cc1)N1CC2CNCC2C1. The fourth-order valence-electron chi connectivity index (χ4n) is 3.34. The van der Waals surface area contributed by atoms with Gasteiger partial charge in [-0.1, -0.05) is 12.1 Å². The molecule has 0 saturated carbocycles. The highest BCUT2D eigenvalue weighted by molar-refractivity contribution is 5.17. The van der Waals surface area contributed by atoms with E-state index < -0.39 is 0 Å². The van der Waals surface area contributed by atoms with Crippen molar-refractivity contribution in [2.75, 3.05) is 26.2 Å². The molecule has 1 aromatic carbocycles. The van der Waals surface area contributed by atoms with E-state index in [1.54, 1.807) is 12.1 Å². The summed E-state index contributed by atoms with van der Waals surface area (Å²) in [6.45, 7) is 7.10. The molecule has 2 aliphatic rings. The van der Waals surface area contributed by atoms with Gasteiger partial charge in [-0.3, -0.25) is 4.90 Å². The predicted molar refractivity (Wildman–Crippen MR) is 71.0 cm³/mol. The minimum Gasteiger partial charge on any atom is -0.316 e. The predicted octanol–water partition coefficient (Wildman–Crippen LogP) is 1.91. The second-order valence-electron chi connectivity index (χ2n) is 5.81. The van der Waals surface area contributed by atoms with Crippen LogP contribution >= 0.6 is 0 Å². The van der Waals surface area contributed by atoms with Crippen LogP contribution in [0.25, 0.3) is 0 Å². The summed E-state index contributed by atoms with van der Waals surface area (Å²) in [6, 6.07) is 7.49. The van der Waals surface area contributed by atoms with E-state index >= 15 is 0 Å². The van der Waals surface area contributed by atoms with Gasteiger partial charge in [0.1, 0.15) is 5.82 Å². The fourth-order valence-corrected chi connectivity index (χ4v) is 3.34. The van der Waals surface area contributed by atoms with Crippen molar-refractivity contribution in [3.05, 3.63) is 35.6 Å². The fraction of sp³-hybridized carbons (Fsp3) is 0.600. The minimum atomic E-state index is -0.145. The quantitative estimate of drug-likeness (QED) is 0.879. The Bertz CT molecular complexity index is 391. The molecule has 3 atom stereocenters. The zero-order valence-electron chi connectivity index (χ0n) is 10.9. The van der Waals surface area contributed by atoms with Crippen LogP contribution in [0.15, 0.2) is 24.3 Å². The number of likely N-dealkylation sites (tertiary alicyclic amines) is 1. The average Bonchev–Trinajstić information content (AvgIpc) is 2.92. The first-order valence-electron chi connectivity index (χ1n) is 6.91. The maximum Gasteiger partial charge on any atom is 0.123 e. The summed E-state index contributed by atoms with van der Waals surface area (Å²) in [7, 11) is 0. The van der Waals surface area contributed by atoms with Crippen LogP contribution in [0.5, 0.6) is 0 Å². The van der Waals surface area contributed by atoms with Gasteiger partial charge >= 0.3 is 0 Å². The van der Waals surface area contributed by atoms with Crippen molar-refractivity contribution in [1.82, 2.24) is 10.2 Å². The van der Waals surface area contributed by atoms with Crippen LogP contribution in [0, 0.1) is 17.7 Å². The summed E-state index contributed by atoms with van der Waals surface area (Å²) in [5, 5.41) is 3.47. The van der Waals surface area contributed by atoms with Crippen molar-refractivity contribution < 1.29 is 4.39 Å². The van der Waals surface area contributed by atoms with Gasteiger partial charge in [0.15, 0.2) is 0 Å². The first-order chi connectivity index (χ1) is 8.72. The molecule has 18 heavy (non-hydrogen) atoms. The summed E-state index contributed by atoms with van der Waals surface area (Å²) in [4.78, 5) is 2.60. The molecule has 2 aliphatic heterocycles. The van der Waals surface area contributed by atoms with Gasteiger partial charge in [-0.2, -0.15) is 0 Å². The normalized spacial score (nSPS) is 29.4. The van der Waals surface area contributed by atoms with Crippen molar-refractivity contribution in [3.63, 3.8) is 0 Å². The van der Waals surface area contributed by atoms with Crippen LogP contribution in [0.2, 0.25) is 0 Å². The number of nitrogens with zero attached hydrogens (tertiary/aromatic N) is 1. The Morgan fingerprint density at radius 3 is 2.44 bits per heavy atom. The van der Waals surface area contributed by atoms with E-state index in [1.165, 1.54) is 31.7 Å². The standard InChI is InChI=1S/C15H21FN2/c1-11(6-12-2-4-15(16)5-3-12)18-9-13-7-17-8-14(13)10-18/h2-5,11,13-14,17H,6-10H2,1H3. The van der Waals surface area contributed by atoms with Gasteiger partial charge < -0.3 is 5.32 Å². The third-order valence-corrected chi connectivity index (χ3v) is 4.49. The summed E-state index contributed by atoms with van der Waals surface area (Å²) in [5.41, 5.74) is 1.24. The molecule has 3 unspecified atom stereocenters. The third kappa shape index (κ3) is 2.43. The lowest BCUT2D eigenvalue weighted by Crippen LogP contribution is -2.35. The molecule has 2 saturated heterocycles. The number of halogens is 1. The first kappa shape index (κ1) is 12.1. The highest BCUT2D eigenvalue weighted by atomic mass is 19.1. The Morgan fingerprint density at radius 1 is 1.22 bits per heavy atom. The molecular weight excluding hydrogens is 227 g/mol. The zero-order valence-corrected chi connectivity index (χ0v) is 10.9. The molecular formula is C15H21FN2. The maximum atomic E-state index is 12.9. The topological polar surface area (TPSA) is 15.3 Å². The van der Waals surface area contributed by atoms with Crippen LogP contribution in [0.1, 0.15) is 12.5 Å². The van der Waals surface area contributed by atoms with Crippen LogP contribution in [-0.2, 0) is 6.42 Å². The van der Waals surface area contributed by atoms with Crippen LogP contribution in [0.3, 0.4) is 0 Å². The van der Waals surface area contributed by atoms with Gasteiger partial charge in [0, 0.05) is 19.1 Å². The monoisotopic (exact) mass is 248 g/mol. The lowest BCUT2D eigenvalue weighted by atomic mass is 10.0. The highest BCUT2D eigenvalue weighted by Gasteiger charge is 2.37. The van der Waals surface area contributed by atoms with Crippen molar-refractivity contribution in [2.24, 2.45) is 11.8 Å². The molecule has 2 fully saturated rings. The van der Waals surface area contributed by atoms with Crippen molar-refractivity contribution in [2.45, 2.75) is 19.4 Å². The second kappa shape index (κ2) is 4.98. The Kier molecular flexibility index (Phi) is 3.35. The van der Waals surface area contributed by atoms with Gasteiger partial charge in [-0.25, -0.2) is 4.39 Å². The lowest BCUT2D eigenvalue weighted by molar-refractivity contribution is 0.239. The molecule has 3 heteroatoms. The van der Waals surface area contributed by atoms with Gasteiger partial charge in [-0.15, -0.1) is 0 Å². The third-order valence-electron chi connectivity index (χ3n) is 4.49. The number of nitrogens with one attached hydrogen (secondary N) is 1. The van der Waals surface area contributed by atoms with E-state index in [-0.39, 0.29) is 5.82 Å². The van der Waals surface area contributed by atoms with Gasteiger partial charge in [0.05, 0.1) is 0 Å². The van der Waals surface area contributed by atoms with Crippen molar-refractivity contribution in [3.8, 4) is 0 Å². The number of hydrogen-bond acceptors (Lipinski definition) is 2. The summed E-state index contributed by atoms with van der Waals surface area (Å²) < 4.78 is 12.9. The first-order valence-corrected chi connectivity index (χ1v) is 6.91. The van der Waals surface area contributed by atoms with E-state index in [9.17, 15) is 4.39 Å². The molecule has 2 heterocycles. The minimum absolute atomic E-state index is 0.145. The molecule has 0 spiro atoms. The molecule has 2 nitrogen and oxygen atoms in total. The molecule has 0 aliphatic carbocycles. The Hall–Kier alpha value is -0.930.